The van der Waals surface area contributed by atoms with Crippen LogP contribution in [0.4, 0.5) is 5.13 Å². The lowest BCUT2D eigenvalue weighted by Crippen LogP contribution is -2.33. The third kappa shape index (κ3) is 3.16. The summed E-state index contributed by atoms with van der Waals surface area (Å²) in [5, 5.41) is 2.82. The molecule has 0 unspecified atom stereocenters. The van der Waals surface area contributed by atoms with Gasteiger partial charge in [0.1, 0.15) is 0 Å². The molecule has 1 aliphatic rings. The molecule has 110 valence electrons. The molecule has 1 heterocycles. The van der Waals surface area contributed by atoms with Crippen molar-refractivity contribution in [2.45, 2.75) is 32.1 Å². The minimum Gasteiger partial charge on any atom is -0.291 e. The molecule has 1 aliphatic carbocycles. The fourth-order valence-electron chi connectivity index (χ4n) is 2.88. The van der Waals surface area contributed by atoms with Gasteiger partial charge in [0.25, 0.3) is 0 Å². The Labute approximate surface area is 129 Å². The first kappa shape index (κ1) is 14.3. The molecule has 1 aromatic heterocycles. The number of nitrogens with zero attached hydrogens (tertiary/aromatic N) is 2. The van der Waals surface area contributed by atoms with Gasteiger partial charge >= 0.3 is 0 Å². The predicted octanol–water partition coefficient (Wildman–Crippen LogP) is 4.35. The summed E-state index contributed by atoms with van der Waals surface area (Å²) >= 11 is 1.54. The second kappa shape index (κ2) is 6.39. The average molecular weight is 300 g/mol. The first-order valence-electron chi connectivity index (χ1n) is 7.54. The van der Waals surface area contributed by atoms with Crippen molar-refractivity contribution >= 4 is 22.4 Å². The zero-order valence-corrected chi connectivity index (χ0v) is 13.1. The Balaban J connectivity index is 1.74. The lowest BCUT2D eigenvalue weighted by molar-refractivity contribution is -0.123. The van der Waals surface area contributed by atoms with Gasteiger partial charge in [-0.25, -0.2) is 4.98 Å². The molecular weight excluding hydrogens is 280 g/mol. The van der Waals surface area contributed by atoms with Crippen molar-refractivity contribution in [3.8, 4) is 11.3 Å². The Morgan fingerprint density at radius 1 is 1.19 bits per heavy atom. The molecular formula is C17H20N2OS. The molecule has 0 atom stereocenters. The maximum absolute atomic E-state index is 12.5. The van der Waals surface area contributed by atoms with Crippen molar-refractivity contribution in [1.29, 1.82) is 0 Å². The van der Waals surface area contributed by atoms with Crippen LogP contribution in [0.2, 0.25) is 0 Å². The van der Waals surface area contributed by atoms with E-state index in [1.54, 1.807) is 4.90 Å². The van der Waals surface area contributed by atoms with Gasteiger partial charge in [-0.3, -0.25) is 9.69 Å². The van der Waals surface area contributed by atoms with Crippen molar-refractivity contribution in [3.05, 3.63) is 35.7 Å². The van der Waals surface area contributed by atoms with Gasteiger partial charge in [0, 0.05) is 23.9 Å². The van der Waals surface area contributed by atoms with Gasteiger partial charge in [0.15, 0.2) is 5.13 Å². The smallest absolute Gasteiger partial charge is 0.231 e. The summed E-state index contributed by atoms with van der Waals surface area (Å²) in [5.74, 6) is 0.413. The lowest BCUT2D eigenvalue weighted by Gasteiger charge is -2.24. The lowest BCUT2D eigenvalue weighted by atomic mass is 9.88. The zero-order chi connectivity index (χ0) is 14.7. The normalized spacial score (nSPS) is 15.9. The molecule has 0 spiro atoms. The van der Waals surface area contributed by atoms with Crippen LogP contribution in [-0.2, 0) is 4.79 Å². The van der Waals surface area contributed by atoms with Crippen LogP contribution in [0.5, 0.6) is 0 Å². The fourth-order valence-corrected chi connectivity index (χ4v) is 3.68. The zero-order valence-electron chi connectivity index (χ0n) is 12.3. The number of anilines is 1. The van der Waals surface area contributed by atoms with E-state index in [2.05, 4.69) is 4.98 Å². The molecule has 2 aromatic rings. The molecule has 0 radical (unpaired) electrons. The van der Waals surface area contributed by atoms with E-state index in [-0.39, 0.29) is 11.8 Å². The first-order chi connectivity index (χ1) is 10.3. The van der Waals surface area contributed by atoms with E-state index in [9.17, 15) is 4.79 Å². The largest absolute Gasteiger partial charge is 0.291 e. The number of thiazole rings is 1. The van der Waals surface area contributed by atoms with Crippen LogP contribution in [0.3, 0.4) is 0 Å². The van der Waals surface area contributed by atoms with Crippen LogP contribution < -0.4 is 4.90 Å². The molecule has 1 amide bonds. The molecule has 3 nitrogen and oxygen atoms in total. The number of aromatic nitrogens is 1. The van der Waals surface area contributed by atoms with Crippen molar-refractivity contribution < 1.29 is 4.79 Å². The quantitative estimate of drug-likeness (QED) is 0.844. The number of carbonyl (C=O) groups excluding carboxylic acids is 1. The maximum atomic E-state index is 12.5. The molecule has 1 aromatic carbocycles. The number of hydrogen-bond donors (Lipinski definition) is 0. The fraction of sp³-hybridized carbons (Fsp3) is 0.412. The van der Waals surface area contributed by atoms with Crippen LogP contribution in [0.25, 0.3) is 11.3 Å². The van der Waals surface area contributed by atoms with Gasteiger partial charge < -0.3 is 0 Å². The molecule has 0 aliphatic heterocycles. The predicted molar refractivity (Wildman–Crippen MR) is 87.5 cm³/mol. The average Bonchev–Trinajstić information content (AvgIpc) is 3.05. The van der Waals surface area contributed by atoms with E-state index in [4.69, 9.17) is 0 Å². The second-order valence-electron chi connectivity index (χ2n) is 5.61. The van der Waals surface area contributed by atoms with E-state index in [0.29, 0.717) is 0 Å². The summed E-state index contributed by atoms with van der Waals surface area (Å²) in [6.07, 6.45) is 5.68. The minimum atomic E-state index is 0.188. The highest BCUT2D eigenvalue weighted by Gasteiger charge is 2.26. The van der Waals surface area contributed by atoms with E-state index < -0.39 is 0 Å². The van der Waals surface area contributed by atoms with Crippen LogP contribution in [-0.4, -0.2) is 17.9 Å². The van der Waals surface area contributed by atoms with Gasteiger partial charge in [0.2, 0.25) is 5.91 Å². The van der Waals surface area contributed by atoms with Crippen molar-refractivity contribution in [2.75, 3.05) is 11.9 Å². The monoisotopic (exact) mass is 300 g/mol. The minimum absolute atomic E-state index is 0.188. The summed E-state index contributed by atoms with van der Waals surface area (Å²) in [7, 11) is 1.85. The summed E-state index contributed by atoms with van der Waals surface area (Å²) in [6.45, 7) is 0. The number of carbonyl (C=O) groups is 1. The Morgan fingerprint density at radius 2 is 1.90 bits per heavy atom. The molecule has 0 N–H and O–H groups in total. The SMILES string of the molecule is CN(C(=O)C1CCCCC1)c1nc(-c2ccccc2)cs1. The van der Waals surface area contributed by atoms with E-state index in [0.717, 1.165) is 29.2 Å². The third-order valence-corrected chi connectivity index (χ3v) is 5.05. The molecule has 4 heteroatoms. The topological polar surface area (TPSA) is 33.2 Å². The molecule has 1 saturated carbocycles. The Morgan fingerprint density at radius 3 is 2.62 bits per heavy atom. The van der Waals surface area contributed by atoms with Gasteiger partial charge in [-0.05, 0) is 12.8 Å². The van der Waals surface area contributed by atoms with Gasteiger partial charge in [-0.2, -0.15) is 0 Å². The Bertz CT molecular complexity index is 602. The Kier molecular flexibility index (Phi) is 4.34. The van der Waals surface area contributed by atoms with E-state index in [1.807, 2.05) is 42.8 Å². The second-order valence-corrected chi connectivity index (χ2v) is 6.45. The highest BCUT2D eigenvalue weighted by atomic mass is 32.1. The van der Waals surface area contributed by atoms with Crippen LogP contribution >= 0.6 is 11.3 Å². The highest BCUT2D eigenvalue weighted by molar-refractivity contribution is 7.14. The summed E-state index contributed by atoms with van der Waals surface area (Å²) in [5.41, 5.74) is 2.04. The first-order valence-corrected chi connectivity index (χ1v) is 8.42. The van der Waals surface area contributed by atoms with E-state index >= 15 is 0 Å². The summed E-state index contributed by atoms with van der Waals surface area (Å²) in [6, 6.07) is 10.1. The van der Waals surface area contributed by atoms with Gasteiger partial charge in [0.05, 0.1) is 5.69 Å². The van der Waals surface area contributed by atoms with Crippen LogP contribution in [0.1, 0.15) is 32.1 Å². The van der Waals surface area contributed by atoms with Gasteiger partial charge in [-0.1, -0.05) is 49.6 Å². The highest BCUT2D eigenvalue weighted by Crippen LogP contribution is 2.30. The summed E-state index contributed by atoms with van der Waals surface area (Å²) in [4.78, 5) is 18.9. The Hall–Kier alpha value is -1.68. The van der Waals surface area contributed by atoms with Crippen molar-refractivity contribution in [1.82, 2.24) is 4.98 Å². The number of benzene rings is 1. The molecule has 3 rings (SSSR count). The van der Waals surface area contributed by atoms with Crippen molar-refractivity contribution in [2.24, 2.45) is 5.92 Å². The molecule has 0 bridgehead atoms. The number of rotatable bonds is 3. The molecule has 21 heavy (non-hydrogen) atoms. The molecule has 0 saturated heterocycles. The van der Waals surface area contributed by atoms with E-state index in [1.165, 1.54) is 30.6 Å². The van der Waals surface area contributed by atoms with Crippen LogP contribution in [0.15, 0.2) is 35.7 Å². The van der Waals surface area contributed by atoms with Gasteiger partial charge in [-0.15, -0.1) is 11.3 Å². The van der Waals surface area contributed by atoms with Crippen molar-refractivity contribution in [3.63, 3.8) is 0 Å². The van der Waals surface area contributed by atoms with Crippen LogP contribution in [0, 0.1) is 5.92 Å². The number of amides is 1. The third-order valence-electron chi connectivity index (χ3n) is 4.13. The summed E-state index contributed by atoms with van der Waals surface area (Å²) < 4.78 is 0. The standard InChI is InChI=1S/C17H20N2OS/c1-19(16(20)14-10-6-3-7-11-14)17-18-15(12-21-17)13-8-4-2-5-9-13/h2,4-5,8-9,12,14H,3,6-7,10-11H2,1H3. The number of hydrogen-bond acceptors (Lipinski definition) is 3. The maximum Gasteiger partial charge on any atom is 0.231 e. The molecule has 1 fully saturated rings.